The average molecular weight is 354 g/mol. The highest BCUT2D eigenvalue weighted by Crippen LogP contribution is 2.28. The number of nitriles is 1. The highest BCUT2D eigenvalue weighted by molar-refractivity contribution is 9.10. The van der Waals surface area contributed by atoms with E-state index in [0.29, 0.717) is 17.1 Å². The van der Waals surface area contributed by atoms with Crippen LogP contribution >= 0.6 is 31.9 Å². The standard InChI is InChI=1S/C12H6Br2N2O/c13-9-1-2-12(8(3-9)5-15)17-11-4-10(14)6-16-7-11/h1-4,6-7H. The Morgan fingerprint density at radius 3 is 2.65 bits per heavy atom. The number of ether oxygens (including phenoxy) is 1. The number of rotatable bonds is 2. The Balaban J connectivity index is 2.34. The third-order valence-corrected chi connectivity index (χ3v) is 2.90. The highest BCUT2D eigenvalue weighted by atomic mass is 79.9. The Hall–Kier alpha value is -1.38. The Morgan fingerprint density at radius 1 is 1.12 bits per heavy atom. The summed E-state index contributed by atoms with van der Waals surface area (Å²) in [5.41, 5.74) is 0.472. The largest absolute Gasteiger partial charge is 0.454 e. The first kappa shape index (κ1) is 12.1. The van der Waals surface area contributed by atoms with E-state index in [-0.39, 0.29) is 0 Å². The molecule has 0 aliphatic carbocycles. The Morgan fingerprint density at radius 2 is 1.94 bits per heavy atom. The van der Waals surface area contributed by atoms with Gasteiger partial charge in [0.25, 0.3) is 0 Å². The summed E-state index contributed by atoms with van der Waals surface area (Å²) in [5.74, 6) is 1.09. The lowest BCUT2D eigenvalue weighted by Crippen LogP contribution is -1.89. The molecule has 0 aliphatic rings. The molecular formula is C12H6Br2N2O. The van der Waals surface area contributed by atoms with Crippen LogP contribution in [0.4, 0.5) is 0 Å². The van der Waals surface area contributed by atoms with Gasteiger partial charge in [-0.25, -0.2) is 0 Å². The highest BCUT2D eigenvalue weighted by Gasteiger charge is 2.05. The van der Waals surface area contributed by atoms with Crippen molar-refractivity contribution >= 4 is 31.9 Å². The molecule has 2 rings (SSSR count). The zero-order valence-electron chi connectivity index (χ0n) is 8.52. The van der Waals surface area contributed by atoms with Crippen LogP contribution in [0, 0.1) is 11.3 Å². The zero-order chi connectivity index (χ0) is 12.3. The summed E-state index contributed by atoms with van der Waals surface area (Å²) in [4.78, 5) is 3.99. The average Bonchev–Trinajstić information content (AvgIpc) is 2.31. The predicted molar refractivity (Wildman–Crippen MR) is 70.9 cm³/mol. The molecule has 1 aromatic carbocycles. The van der Waals surface area contributed by atoms with E-state index in [0.717, 1.165) is 8.95 Å². The molecule has 0 N–H and O–H groups in total. The summed E-state index contributed by atoms with van der Waals surface area (Å²) in [6.07, 6.45) is 3.26. The molecule has 17 heavy (non-hydrogen) atoms. The first-order valence-electron chi connectivity index (χ1n) is 4.67. The first-order valence-corrected chi connectivity index (χ1v) is 6.25. The number of aromatic nitrogens is 1. The van der Waals surface area contributed by atoms with E-state index in [1.165, 1.54) is 0 Å². The number of hydrogen-bond donors (Lipinski definition) is 0. The van der Waals surface area contributed by atoms with E-state index < -0.39 is 0 Å². The minimum atomic E-state index is 0.472. The van der Waals surface area contributed by atoms with E-state index in [2.05, 4.69) is 42.9 Å². The van der Waals surface area contributed by atoms with Gasteiger partial charge in [0.1, 0.15) is 17.6 Å². The van der Waals surface area contributed by atoms with E-state index in [4.69, 9.17) is 10.00 Å². The lowest BCUT2D eigenvalue weighted by atomic mass is 10.2. The third-order valence-electron chi connectivity index (χ3n) is 1.97. The summed E-state index contributed by atoms with van der Waals surface area (Å²) in [7, 11) is 0. The van der Waals surface area contributed by atoms with Gasteiger partial charge in [-0.05, 0) is 40.2 Å². The maximum Gasteiger partial charge on any atom is 0.146 e. The second-order valence-electron chi connectivity index (χ2n) is 3.19. The molecule has 5 heteroatoms. The maximum absolute atomic E-state index is 9.00. The molecule has 0 spiro atoms. The normalized spacial score (nSPS) is 9.71. The summed E-state index contributed by atoms with van der Waals surface area (Å²) >= 11 is 6.62. The van der Waals surface area contributed by atoms with Crippen LogP contribution in [0.2, 0.25) is 0 Å². The van der Waals surface area contributed by atoms with Crippen molar-refractivity contribution < 1.29 is 4.74 Å². The SMILES string of the molecule is N#Cc1cc(Br)ccc1Oc1cncc(Br)c1. The van der Waals surface area contributed by atoms with Crippen molar-refractivity contribution in [2.75, 3.05) is 0 Å². The molecule has 0 aliphatic heterocycles. The Bertz CT molecular complexity index is 593. The van der Waals surface area contributed by atoms with Gasteiger partial charge in [0.2, 0.25) is 0 Å². The van der Waals surface area contributed by atoms with Gasteiger partial charge in [0, 0.05) is 15.1 Å². The number of hydrogen-bond acceptors (Lipinski definition) is 3. The maximum atomic E-state index is 9.00. The fourth-order valence-corrected chi connectivity index (χ4v) is 1.96. The molecule has 2 aromatic rings. The molecule has 0 amide bonds. The first-order chi connectivity index (χ1) is 8.19. The lowest BCUT2D eigenvalue weighted by molar-refractivity contribution is 0.478. The van der Waals surface area contributed by atoms with Crippen LogP contribution in [-0.2, 0) is 0 Å². The van der Waals surface area contributed by atoms with Crippen LogP contribution in [0.3, 0.4) is 0 Å². The number of benzene rings is 1. The lowest BCUT2D eigenvalue weighted by Gasteiger charge is -2.07. The molecule has 1 heterocycles. The smallest absolute Gasteiger partial charge is 0.146 e. The predicted octanol–water partition coefficient (Wildman–Crippen LogP) is 4.27. The fraction of sp³-hybridized carbons (Fsp3) is 0. The van der Waals surface area contributed by atoms with Crippen molar-refractivity contribution in [3.05, 3.63) is 51.2 Å². The molecule has 0 unspecified atom stereocenters. The van der Waals surface area contributed by atoms with E-state index in [1.54, 1.807) is 30.6 Å². The fourth-order valence-electron chi connectivity index (χ4n) is 1.25. The van der Waals surface area contributed by atoms with Crippen molar-refractivity contribution in [1.29, 1.82) is 5.26 Å². The second kappa shape index (κ2) is 5.30. The second-order valence-corrected chi connectivity index (χ2v) is 5.02. The van der Waals surface area contributed by atoms with Gasteiger partial charge in [0.15, 0.2) is 0 Å². The molecule has 1 aromatic heterocycles. The van der Waals surface area contributed by atoms with Gasteiger partial charge < -0.3 is 4.74 Å². The molecule has 3 nitrogen and oxygen atoms in total. The van der Waals surface area contributed by atoms with Crippen molar-refractivity contribution in [2.45, 2.75) is 0 Å². The minimum absolute atomic E-state index is 0.472. The van der Waals surface area contributed by atoms with Gasteiger partial charge in [-0.2, -0.15) is 5.26 Å². The zero-order valence-corrected chi connectivity index (χ0v) is 11.7. The van der Waals surface area contributed by atoms with Crippen molar-refractivity contribution in [2.24, 2.45) is 0 Å². The number of pyridine rings is 1. The summed E-state index contributed by atoms with van der Waals surface area (Å²) in [6, 6.07) is 9.14. The van der Waals surface area contributed by atoms with E-state index in [9.17, 15) is 0 Å². The van der Waals surface area contributed by atoms with Gasteiger partial charge >= 0.3 is 0 Å². The minimum Gasteiger partial charge on any atom is -0.454 e. The van der Waals surface area contributed by atoms with Crippen molar-refractivity contribution in [3.8, 4) is 17.6 Å². The quantitative estimate of drug-likeness (QED) is 0.809. The summed E-state index contributed by atoms with van der Waals surface area (Å²) < 4.78 is 7.27. The van der Waals surface area contributed by atoms with Crippen LogP contribution < -0.4 is 4.74 Å². The molecule has 84 valence electrons. The van der Waals surface area contributed by atoms with E-state index in [1.807, 2.05) is 6.07 Å². The van der Waals surface area contributed by atoms with Crippen LogP contribution in [0.1, 0.15) is 5.56 Å². The van der Waals surface area contributed by atoms with Gasteiger partial charge in [-0.3, -0.25) is 4.98 Å². The van der Waals surface area contributed by atoms with E-state index >= 15 is 0 Å². The summed E-state index contributed by atoms with van der Waals surface area (Å²) in [5, 5.41) is 9.00. The van der Waals surface area contributed by atoms with Crippen LogP contribution in [0.15, 0.2) is 45.6 Å². The van der Waals surface area contributed by atoms with Gasteiger partial charge in [0.05, 0.1) is 11.8 Å². The topological polar surface area (TPSA) is 45.9 Å². The molecule has 0 saturated heterocycles. The van der Waals surface area contributed by atoms with Crippen molar-refractivity contribution in [3.63, 3.8) is 0 Å². The van der Waals surface area contributed by atoms with Crippen LogP contribution in [0.25, 0.3) is 0 Å². The molecule has 0 saturated carbocycles. The van der Waals surface area contributed by atoms with Gasteiger partial charge in [-0.1, -0.05) is 15.9 Å². The Kier molecular flexibility index (Phi) is 3.77. The number of nitrogens with zero attached hydrogens (tertiary/aromatic N) is 2. The Labute approximate surface area is 115 Å². The van der Waals surface area contributed by atoms with Crippen molar-refractivity contribution in [1.82, 2.24) is 4.98 Å². The molecule has 0 atom stereocenters. The molecule has 0 bridgehead atoms. The summed E-state index contributed by atoms with van der Waals surface area (Å²) in [6.45, 7) is 0. The van der Waals surface area contributed by atoms with Crippen LogP contribution in [-0.4, -0.2) is 4.98 Å². The molecule has 0 radical (unpaired) electrons. The number of halogens is 2. The molecule has 0 fully saturated rings. The van der Waals surface area contributed by atoms with Gasteiger partial charge in [-0.15, -0.1) is 0 Å². The van der Waals surface area contributed by atoms with Crippen LogP contribution in [0.5, 0.6) is 11.5 Å². The third kappa shape index (κ3) is 3.05. The molecular weight excluding hydrogens is 348 g/mol. The monoisotopic (exact) mass is 352 g/mol.